The van der Waals surface area contributed by atoms with Crippen LogP contribution in [0.15, 0.2) is 30.6 Å². The smallest absolute Gasteiger partial charge is 0.256 e. The van der Waals surface area contributed by atoms with Gasteiger partial charge in [0.15, 0.2) is 0 Å². The maximum absolute atomic E-state index is 14.0. The predicted octanol–water partition coefficient (Wildman–Crippen LogP) is 1.13. The summed E-state index contributed by atoms with van der Waals surface area (Å²) in [5.74, 6) is 4.37. The molecule has 2 aromatic rings. The van der Waals surface area contributed by atoms with E-state index in [0.29, 0.717) is 12.1 Å². The third-order valence-electron chi connectivity index (χ3n) is 2.86. The van der Waals surface area contributed by atoms with Crippen LogP contribution >= 0.6 is 0 Å². The van der Waals surface area contributed by atoms with Crippen LogP contribution in [0.4, 0.5) is 4.39 Å². The molecule has 0 aliphatic carbocycles. The molecule has 0 atom stereocenters. The van der Waals surface area contributed by atoms with E-state index >= 15 is 0 Å². The van der Waals surface area contributed by atoms with Gasteiger partial charge >= 0.3 is 0 Å². The van der Waals surface area contributed by atoms with Crippen molar-refractivity contribution in [3.05, 3.63) is 53.1 Å². The Hall–Kier alpha value is -2.65. The molecule has 0 fully saturated rings. The number of halogens is 1. The lowest BCUT2D eigenvalue weighted by Crippen LogP contribution is -2.26. The molecular weight excluding hydrogens is 271 g/mol. The number of aromatic nitrogens is 2. The Labute approximate surface area is 122 Å². The van der Waals surface area contributed by atoms with Gasteiger partial charge in [0.05, 0.1) is 18.3 Å². The van der Waals surface area contributed by atoms with Gasteiger partial charge in [0.2, 0.25) is 0 Å². The summed E-state index contributed by atoms with van der Waals surface area (Å²) in [6.45, 7) is 0.555. The third-order valence-corrected chi connectivity index (χ3v) is 2.86. The van der Waals surface area contributed by atoms with Gasteiger partial charge in [0, 0.05) is 30.9 Å². The highest BCUT2D eigenvalue weighted by Crippen LogP contribution is 2.13. The number of H-pyrrole nitrogens is 1. The number of benzene rings is 1. The Morgan fingerprint density at radius 3 is 2.95 bits per heavy atom. The monoisotopic (exact) mass is 286 g/mol. The largest absolute Gasteiger partial charge is 0.337 e. The first kappa shape index (κ1) is 14.8. The molecule has 6 heteroatoms. The second-order valence-electron chi connectivity index (χ2n) is 4.47. The van der Waals surface area contributed by atoms with Gasteiger partial charge in [-0.2, -0.15) is 5.10 Å². The number of amides is 1. The Bertz CT molecular complexity index is 685. The van der Waals surface area contributed by atoms with Crippen molar-refractivity contribution in [3.8, 4) is 11.8 Å². The van der Waals surface area contributed by atoms with Crippen molar-refractivity contribution in [1.82, 2.24) is 15.1 Å². The summed E-state index contributed by atoms with van der Waals surface area (Å²) in [5, 5.41) is 6.47. The fraction of sp³-hybridized carbons (Fsp3) is 0.200. The molecule has 0 saturated carbocycles. The van der Waals surface area contributed by atoms with Gasteiger partial charge < -0.3 is 10.6 Å². The maximum Gasteiger partial charge on any atom is 0.256 e. The van der Waals surface area contributed by atoms with Gasteiger partial charge in [-0.3, -0.25) is 9.89 Å². The van der Waals surface area contributed by atoms with E-state index in [1.165, 1.54) is 17.0 Å². The highest BCUT2D eigenvalue weighted by Gasteiger charge is 2.16. The average molecular weight is 286 g/mol. The van der Waals surface area contributed by atoms with E-state index in [4.69, 9.17) is 5.73 Å². The molecule has 0 aliphatic rings. The molecule has 1 aromatic carbocycles. The van der Waals surface area contributed by atoms with E-state index in [9.17, 15) is 9.18 Å². The average Bonchev–Trinajstić information content (AvgIpc) is 2.97. The number of nitrogens with zero attached hydrogens (tertiary/aromatic N) is 2. The minimum atomic E-state index is -0.595. The highest BCUT2D eigenvalue weighted by molar-refractivity contribution is 5.94. The Morgan fingerprint density at radius 1 is 1.52 bits per heavy atom. The molecule has 0 bridgehead atoms. The van der Waals surface area contributed by atoms with Crippen molar-refractivity contribution < 1.29 is 9.18 Å². The lowest BCUT2D eigenvalue weighted by atomic mass is 10.1. The van der Waals surface area contributed by atoms with Crippen molar-refractivity contribution in [1.29, 1.82) is 0 Å². The first-order chi connectivity index (χ1) is 10.1. The standard InChI is InChI=1S/C15H15FN4O/c1-20(10-12-8-18-19-9-12)15(21)13-5-4-11(3-2-6-17)7-14(13)16/h4-5,7-9H,6,10,17H2,1H3,(H,18,19). The first-order valence-electron chi connectivity index (χ1n) is 6.33. The lowest BCUT2D eigenvalue weighted by Gasteiger charge is -2.16. The summed E-state index contributed by atoms with van der Waals surface area (Å²) in [7, 11) is 1.61. The number of rotatable bonds is 3. The Morgan fingerprint density at radius 2 is 2.33 bits per heavy atom. The fourth-order valence-corrected chi connectivity index (χ4v) is 1.83. The molecule has 0 aliphatic heterocycles. The molecule has 0 spiro atoms. The van der Waals surface area contributed by atoms with E-state index in [0.717, 1.165) is 5.56 Å². The SMILES string of the molecule is CN(Cc1cn[nH]c1)C(=O)c1ccc(C#CCN)cc1F. The van der Waals surface area contributed by atoms with Crippen LogP contribution in [0.2, 0.25) is 0 Å². The zero-order valence-electron chi connectivity index (χ0n) is 11.6. The fourth-order valence-electron chi connectivity index (χ4n) is 1.83. The number of carbonyl (C=O) groups excluding carboxylic acids is 1. The summed E-state index contributed by atoms with van der Waals surface area (Å²) < 4.78 is 14.0. The minimum Gasteiger partial charge on any atom is -0.337 e. The summed E-state index contributed by atoms with van der Waals surface area (Å²) in [5.41, 5.74) is 6.61. The van der Waals surface area contributed by atoms with Crippen molar-refractivity contribution in [3.63, 3.8) is 0 Å². The summed E-state index contributed by atoms with van der Waals surface area (Å²) in [6.07, 6.45) is 3.30. The molecule has 1 aromatic heterocycles. The van der Waals surface area contributed by atoms with Crippen LogP contribution in [-0.4, -0.2) is 34.6 Å². The molecule has 5 nitrogen and oxygen atoms in total. The molecule has 1 heterocycles. The van der Waals surface area contributed by atoms with E-state index in [2.05, 4.69) is 22.0 Å². The Balaban J connectivity index is 2.15. The predicted molar refractivity (Wildman–Crippen MR) is 76.7 cm³/mol. The maximum atomic E-state index is 14.0. The number of hydrogen-bond donors (Lipinski definition) is 2. The number of carbonyl (C=O) groups is 1. The van der Waals surface area contributed by atoms with E-state index in [-0.39, 0.29) is 12.1 Å². The summed E-state index contributed by atoms with van der Waals surface area (Å²) >= 11 is 0. The van der Waals surface area contributed by atoms with Crippen LogP contribution in [0, 0.1) is 17.7 Å². The second-order valence-corrected chi connectivity index (χ2v) is 4.47. The van der Waals surface area contributed by atoms with Gasteiger partial charge in [0.1, 0.15) is 5.82 Å². The molecule has 0 unspecified atom stereocenters. The van der Waals surface area contributed by atoms with Gasteiger partial charge in [0.25, 0.3) is 5.91 Å². The topological polar surface area (TPSA) is 75.0 Å². The molecule has 21 heavy (non-hydrogen) atoms. The lowest BCUT2D eigenvalue weighted by molar-refractivity contribution is 0.0780. The normalized spacial score (nSPS) is 9.86. The van der Waals surface area contributed by atoms with Crippen LogP contribution in [0.5, 0.6) is 0 Å². The van der Waals surface area contributed by atoms with Crippen LogP contribution in [0.1, 0.15) is 21.5 Å². The van der Waals surface area contributed by atoms with E-state index < -0.39 is 11.7 Å². The van der Waals surface area contributed by atoms with Crippen molar-refractivity contribution in [2.75, 3.05) is 13.6 Å². The van der Waals surface area contributed by atoms with Crippen LogP contribution in [-0.2, 0) is 6.54 Å². The zero-order chi connectivity index (χ0) is 15.2. The molecule has 108 valence electrons. The quantitative estimate of drug-likeness (QED) is 0.831. The van der Waals surface area contributed by atoms with Gasteiger partial charge in [-0.05, 0) is 18.2 Å². The number of aromatic amines is 1. The zero-order valence-corrected chi connectivity index (χ0v) is 11.6. The van der Waals surface area contributed by atoms with Crippen LogP contribution in [0.25, 0.3) is 0 Å². The van der Waals surface area contributed by atoms with Gasteiger partial charge in [-0.15, -0.1) is 0 Å². The first-order valence-corrected chi connectivity index (χ1v) is 6.33. The summed E-state index contributed by atoms with van der Waals surface area (Å²) in [4.78, 5) is 13.6. The van der Waals surface area contributed by atoms with Crippen LogP contribution in [0.3, 0.4) is 0 Å². The third kappa shape index (κ3) is 3.68. The van der Waals surface area contributed by atoms with Crippen molar-refractivity contribution in [2.45, 2.75) is 6.54 Å². The number of hydrogen-bond acceptors (Lipinski definition) is 3. The molecule has 3 N–H and O–H groups in total. The number of nitrogens with two attached hydrogens (primary N) is 1. The summed E-state index contributed by atoms with van der Waals surface area (Å²) in [6, 6.07) is 4.27. The molecule has 1 amide bonds. The second kappa shape index (κ2) is 6.68. The molecule has 2 rings (SSSR count). The van der Waals surface area contributed by atoms with E-state index in [1.54, 1.807) is 25.5 Å². The minimum absolute atomic E-state index is 0.0132. The molecular formula is C15H15FN4O. The van der Waals surface area contributed by atoms with Crippen molar-refractivity contribution in [2.24, 2.45) is 5.73 Å². The molecule has 0 radical (unpaired) electrons. The molecule has 0 saturated heterocycles. The van der Waals surface area contributed by atoms with Crippen LogP contribution < -0.4 is 5.73 Å². The van der Waals surface area contributed by atoms with Gasteiger partial charge in [-0.25, -0.2) is 4.39 Å². The van der Waals surface area contributed by atoms with Crippen molar-refractivity contribution >= 4 is 5.91 Å². The number of nitrogens with one attached hydrogen (secondary N) is 1. The Kier molecular flexibility index (Phi) is 4.69. The highest BCUT2D eigenvalue weighted by atomic mass is 19.1. The van der Waals surface area contributed by atoms with Gasteiger partial charge in [-0.1, -0.05) is 11.8 Å². The van der Waals surface area contributed by atoms with E-state index in [1.807, 2.05) is 0 Å².